The van der Waals surface area contributed by atoms with Gasteiger partial charge in [-0.1, -0.05) is 12.1 Å². The van der Waals surface area contributed by atoms with Crippen molar-refractivity contribution in [2.75, 3.05) is 13.2 Å². The highest BCUT2D eigenvalue weighted by Crippen LogP contribution is 2.12. The van der Waals surface area contributed by atoms with Crippen LogP contribution in [-0.2, 0) is 4.79 Å². The molecule has 1 rings (SSSR count). The van der Waals surface area contributed by atoms with Gasteiger partial charge in [-0.2, -0.15) is 0 Å². The Morgan fingerprint density at radius 3 is 2.84 bits per heavy atom. The average Bonchev–Trinajstić information content (AvgIpc) is 2.36. The molecule has 1 aromatic carbocycles. The van der Waals surface area contributed by atoms with Crippen molar-refractivity contribution < 1.29 is 23.4 Å². The van der Waals surface area contributed by atoms with Crippen LogP contribution in [0.3, 0.4) is 0 Å². The second-order valence-electron chi connectivity index (χ2n) is 4.12. The van der Waals surface area contributed by atoms with Gasteiger partial charge in [-0.25, -0.2) is 8.78 Å². The minimum Gasteiger partial charge on any atom is -0.493 e. The summed E-state index contributed by atoms with van der Waals surface area (Å²) in [6.45, 7) is 1.62. The summed E-state index contributed by atoms with van der Waals surface area (Å²) in [5.74, 6) is 0.216. The number of rotatable bonds is 7. The van der Waals surface area contributed by atoms with Gasteiger partial charge in [0.15, 0.2) is 0 Å². The third kappa shape index (κ3) is 6.15. The largest absolute Gasteiger partial charge is 0.493 e. The number of ether oxygens (including phenoxy) is 1. The molecule has 0 radical (unpaired) electrons. The van der Waals surface area contributed by atoms with Crippen LogP contribution in [0.15, 0.2) is 24.3 Å². The van der Waals surface area contributed by atoms with Crippen LogP contribution in [0.25, 0.3) is 0 Å². The molecule has 0 aromatic heterocycles. The van der Waals surface area contributed by atoms with Crippen molar-refractivity contribution in [3.8, 4) is 5.75 Å². The Morgan fingerprint density at radius 2 is 2.21 bits per heavy atom. The number of halogens is 2. The topological polar surface area (TPSA) is 58.6 Å². The van der Waals surface area contributed by atoms with Crippen molar-refractivity contribution >= 4 is 5.91 Å². The molecule has 0 fully saturated rings. The van der Waals surface area contributed by atoms with E-state index in [2.05, 4.69) is 5.32 Å². The maximum Gasteiger partial charge on any atom is 0.265 e. The van der Waals surface area contributed by atoms with Crippen molar-refractivity contribution in [3.63, 3.8) is 0 Å². The molecule has 6 heteroatoms. The Labute approximate surface area is 110 Å². The Balaban J connectivity index is 2.20. The van der Waals surface area contributed by atoms with Crippen LogP contribution in [-0.4, -0.2) is 36.7 Å². The quantitative estimate of drug-likeness (QED) is 0.791. The lowest BCUT2D eigenvalue weighted by Gasteiger charge is -2.11. The van der Waals surface area contributed by atoms with E-state index in [9.17, 15) is 13.6 Å². The lowest BCUT2D eigenvalue weighted by Crippen LogP contribution is -2.36. The van der Waals surface area contributed by atoms with Gasteiger partial charge in [0.2, 0.25) is 5.91 Å². The van der Waals surface area contributed by atoms with Gasteiger partial charge in [-0.05, 0) is 24.6 Å². The molecule has 1 unspecified atom stereocenters. The molecule has 0 aliphatic rings. The van der Waals surface area contributed by atoms with Crippen molar-refractivity contribution in [1.29, 1.82) is 0 Å². The highest BCUT2D eigenvalue weighted by Gasteiger charge is 2.17. The zero-order valence-electron chi connectivity index (χ0n) is 10.6. The maximum atomic E-state index is 12.0. The highest BCUT2D eigenvalue weighted by molar-refractivity contribution is 5.76. The van der Waals surface area contributed by atoms with E-state index in [1.807, 2.05) is 25.1 Å². The summed E-state index contributed by atoms with van der Waals surface area (Å²) in [7, 11) is 0. The molecule has 0 spiro atoms. The second kappa shape index (κ2) is 7.68. The molecule has 4 nitrogen and oxygen atoms in total. The number of hydrogen-bond acceptors (Lipinski definition) is 3. The molecule has 0 bridgehead atoms. The number of alkyl halides is 2. The molecule has 1 aromatic rings. The van der Waals surface area contributed by atoms with E-state index in [0.717, 1.165) is 5.56 Å². The number of aliphatic hydroxyl groups excluding tert-OH is 1. The fourth-order valence-electron chi connectivity index (χ4n) is 1.36. The number of hydrogen-bond donors (Lipinski definition) is 2. The molecule has 1 atom stereocenters. The molecule has 2 N–H and O–H groups in total. The van der Waals surface area contributed by atoms with E-state index in [-0.39, 0.29) is 13.0 Å². The van der Waals surface area contributed by atoms with Gasteiger partial charge in [0.05, 0.1) is 13.0 Å². The zero-order chi connectivity index (χ0) is 14.3. The fraction of sp³-hybridized carbons (Fsp3) is 0.462. The van der Waals surface area contributed by atoms with Gasteiger partial charge in [0.25, 0.3) is 6.43 Å². The van der Waals surface area contributed by atoms with Crippen LogP contribution in [0.4, 0.5) is 8.78 Å². The van der Waals surface area contributed by atoms with Gasteiger partial charge < -0.3 is 15.2 Å². The molecule has 0 aliphatic heterocycles. The summed E-state index contributed by atoms with van der Waals surface area (Å²) < 4.78 is 29.3. The predicted molar refractivity (Wildman–Crippen MR) is 66.3 cm³/mol. The monoisotopic (exact) mass is 273 g/mol. The molecule has 106 valence electrons. The summed E-state index contributed by atoms with van der Waals surface area (Å²) >= 11 is 0. The molecule has 0 heterocycles. The first-order valence-corrected chi connectivity index (χ1v) is 5.91. The predicted octanol–water partition coefficient (Wildman–Crippen LogP) is 1.51. The van der Waals surface area contributed by atoms with E-state index < -0.39 is 25.0 Å². The molecular weight excluding hydrogens is 256 g/mol. The average molecular weight is 273 g/mol. The van der Waals surface area contributed by atoms with Gasteiger partial charge in [0, 0.05) is 6.54 Å². The second-order valence-corrected chi connectivity index (χ2v) is 4.12. The van der Waals surface area contributed by atoms with E-state index in [1.54, 1.807) is 6.07 Å². The number of aryl methyl sites for hydroxylation is 1. The summed E-state index contributed by atoms with van der Waals surface area (Å²) in [6, 6.07) is 7.36. The van der Waals surface area contributed by atoms with Crippen LogP contribution in [0.1, 0.15) is 12.0 Å². The van der Waals surface area contributed by atoms with Crippen LogP contribution in [0, 0.1) is 6.92 Å². The lowest BCUT2D eigenvalue weighted by atomic mass is 10.2. The first kappa shape index (κ1) is 15.4. The molecule has 1 amide bonds. The van der Waals surface area contributed by atoms with Crippen LogP contribution in [0.2, 0.25) is 0 Å². The van der Waals surface area contributed by atoms with E-state index in [1.165, 1.54) is 0 Å². The van der Waals surface area contributed by atoms with Crippen LogP contribution in [0.5, 0.6) is 5.75 Å². The summed E-state index contributed by atoms with van der Waals surface area (Å²) in [5, 5.41) is 11.0. The normalized spacial score (nSPS) is 12.3. The first-order valence-electron chi connectivity index (χ1n) is 5.91. The van der Waals surface area contributed by atoms with Gasteiger partial charge in [0.1, 0.15) is 11.9 Å². The van der Waals surface area contributed by atoms with Crippen LogP contribution < -0.4 is 10.1 Å². The molecule has 19 heavy (non-hydrogen) atoms. The lowest BCUT2D eigenvalue weighted by molar-refractivity contribution is -0.122. The van der Waals surface area contributed by atoms with E-state index >= 15 is 0 Å². The van der Waals surface area contributed by atoms with Gasteiger partial charge in [-0.15, -0.1) is 0 Å². The number of benzene rings is 1. The smallest absolute Gasteiger partial charge is 0.265 e. The minimum atomic E-state index is -2.86. The van der Waals surface area contributed by atoms with Gasteiger partial charge in [-0.3, -0.25) is 4.79 Å². The van der Waals surface area contributed by atoms with E-state index in [0.29, 0.717) is 5.75 Å². The number of carbonyl (C=O) groups excluding carboxylic acids is 1. The standard InChI is InChI=1S/C13H17F2NO3/c1-9-3-2-4-10(7-9)19-6-5-12(18)16-8-11(17)13(14)15/h2-4,7,11,13,17H,5-6,8H2,1H3,(H,16,18). The molecule has 0 saturated heterocycles. The number of aliphatic hydroxyl groups is 1. The summed E-state index contributed by atoms with van der Waals surface area (Å²) in [4.78, 5) is 11.3. The highest BCUT2D eigenvalue weighted by atomic mass is 19.3. The fourth-order valence-corrected chi connectivity index (χ4v) is 1.36. The van der Waals surface area contributed by atoms with Gasteiger partial charge >= 0.3 is 0 Å². The summed E-state index contributed by atoms with van der Waals surface area (Å²) in [5.41, 5.74) is 1.04. The van der Waals surface area contributed by atoms with Crippen molar-refractivity contribution in [1.82, 2.24) is 5.32 Å². The maximum absolute atomic E-state index is 12.0. The Bertz CT molecular complexity index is 413. The third-order valence-corrected chi connectivity index (χ3v) is 2.39. The SMILES string of the molecule is Cc1cccc(OCCC(=O)NCC(O)C(F)F)c1. The molecule has 0 saturated carbocycles. The number of carbonyl (C=O) groups is 1. The number of amides is 1. The van der Waals surface area contributed by atoms with Crippen LogP contribution >= 0.6 is 0 Å². The first-order chi connectivity index (χ1) is 8.99. The molecular formula is C13H17F2NO3. The zero-order valence-corrected chi connectivity index (χ0v) is 10.6. The minimum absolute atomic E-state index is 0.0455. The summed E-state index contributed by atoms with van der Waals surface area (Å²) in [6.07, 6.45) is -4.64. The molecule has 0 aliphatic carbocycles. The van der Waals surface area contributed by atoms with E-state index in [4.69, 9.17) is 9.84 Å². The number of nitrogens with one attached hydrogen (secondary N) is 1. The van der Waals surface area contributed by atoms with Crippen molar-refractivity contribution in [2.45, 2.75) is 25.9 Å². The van der Waals surface area contributed by atoms with Crippen molar-refractivity contribution in [2.24, 2.45) is 0 Å². The third-order valence-electron chi connectivity index (χ3n) is 2.39. The Hall–Kier alpha value is -1.69. The van der Waals surface area contributed by atoms with Crippen molar-refractivity contribution in [3.05, 3.63) is 29.8 Å². The Morgan fingerprint density at radius 1 is 1.47 bits per heavy atom. The Kier molecular flexibility index (Phi) is 6.21.